The van der Waals surface area contributed by atoms with Gasteiger partial charge in [0.25, 0.3) is 0 Å². The highest BCUT2D eigenvalue weighted by molar-refractivity contribution is 5.62. The largest absolute Gasteiger partial charge is 0.399 e. The number of nitrogen functional groups attached to an aromatic ring is 1. The van der Waals surface area contributed by atoms with Crippen LogP contribution in [0.3, 0.4) is 0 Å². The van der Waals surface area contributed by atoms with E-state index in [1.807, 2.05) is 6.07 Å². The van der Waals surface area contributed by atoms with E-state index in [2.05, 4.69) is 39.2 Å². The van der Waals surface area contributed by atoms with Gasteiger partial charge in [-0.05, 0) is 57.1 Å². The predicted molar refractivity (Wildman–Crippen MR) is 103 cm³/mol. The minimum absolute atomic E-state index is 0.876. The molecule has 1 aromatic carbocycles. The summed E-state index contributed by atoms with van der Waals surface area (Å²) in [5, 5.41) is 3.62. The van der Waals surface area contributed by atoms with Gasteiger partial charge in [-0.25, -0.2) is 0 Å². The van der Waals surface area contributed by atoms with E-state index in [9.17, 15) is 0 Å². The Hall–Kier alpha value is -1.30. The van der Waals surface area contributed by atoms with Crippen molar-refractivity contribution in [1.29, 1.82) is 0 Å². The molecule has 0 aliphatic carbocycles. The number of nitrogens with one attached hydrogen (secondary N) is 1. The Morgan fingerprint density at radius 3 is 2.71 bits per heavy atom. The molecule has 5 nitrogen and oxygen atoms in total. The molecular formula is C19H33N5. The van der Waals surface area contributed by atoms with Crippen LogP contribution in [0.15, 0.2) is 18.2 Å². The first-order valence-electron chi connectivity index (χ1n) is 9.47. The molecule has 3 rings (SSSR count). The molecule has 0 atom stereocenters. The fraction of sp³-hybridized carbons (Fsp3) is 0.684. The smallest absolute Gasteiger partial charge is 0.0419 e. The molecular weight excluding hydrogens is 298 g/mol. The molecule has 0 saturated carbocycles. The van der Waals surface area contributed by atoms with Gasteiger partial charge in [0.05, 0.1) is 0 Å². The van der Waals surface area contributed by atoms with Crippen molar-refractivity contribution >= 4 is 11.4 Å². The summed E-state index contributed by atoms with van der Waals surface area (Å²) in [5.74, 6) is 0. The van der Waals surface area contributed by atoms with Crippen LogP contribution >= 0.6 is 0 Å². The van der Waals surface area contributed by atoms with Crippen LogP contribution in [0.25, 0.3) is 0 Å². The molecule has 2 heterocycles. The third kappa shape index (κ3) is 4.85. The van der Waals surface area contributed by atoms with Gasteiger partial charge in [0, 0.05) is 57.2 Å². The number of rotatable bonds is 7. The number of likely N-dealkylation sites (N-methyl/N-ethyl adjacent to an activating group) is 1. The number of nitrogens with two attached hydrogens (primary N) is 1. The van der Waals surface area contributed by atoms with Crippen LogP contribution in [-0.2, 0) is 6.42 Å². The van der Waals surface area contributed by atoms with Gasteiger partial charge in [0.2, 0.25) is 0 Å². The molecule has 1 aromatic rings. The van der Waals surface area contributed by atoms with Crippen molar-refractivity contribution in [2.45, 2.75) is 19.3 Å². The standard InChI is InChI=1S/C19H33N5/c1-22-12-14-23(15-13-22)9-3-7-21-8-11-24-10-2-4-17-5-6-18(20)16-19(17)24/h5-6,16,21H,2-4,7-15,20H2,1H3. The van der Waals surface area contributed by atoms with E-state index in [0.717, 1.165) is 31.9 Å². The minimum atomic E-state index is 0.876. The monoisotopic (exact) mass is 331 g/mol. The van der Waals surface area contributed by atoms with E-state index >= 15 is 0 Å². The average molecular weight is 332 g/mol. The molecule has 0 bridgehead atoms. The Morgan fingerprint density at radius 2 is 1.88 bits per heavy atom. The van der Waals surface area contributed by atoms with Gasteiger partial charge in [-0.3, -0.25) is 0 Å². The lowest BCUT2D eigenvalue weighted by Gasteiger charge is -2.32. The highest BCUT2D eigenvalue weighted by Gasteiger charge is 2.16. The second-order valence-electron chi connectivity index (χ2n) is 7.23. The summed E-state index contributed by atoms with van der Waals surface area (Å²) in [5.41, 5.74) is 9.64. The summed E-state index contributed by atoms with van der Waals surface area (Å²) in [4.78, 5) is 7.49. The van der Waals surface area contributed by atoms with E-state index < -0.39 is 0 Å². The van der Waals surface area contributed by atoms with E-state index in [0.29, 0.717) is 0 Å². The van der Waals surface area contributed by atoms with Crippen LogP contribution in [0.5, 0.6) is 0 Å². The first-order valence-corrected chi connectivity index (χ1v) is 9.47. The third-order valence-corrected chi connectivity index (χ3v) is 5.31. The quantitative estimate of drug-likeness (QED) is 0.582. The SMILES string of the molecule is CN1CCN(CCCNCCN2CCCc3ccc(N)cc32)CC1. The maximum atomic E-state index is 5.97. The van der Waals surface area contributed by atoms with E-state index in [1.54, 1.807) is 0 Å². The Kier molecular flexibility index (Phi) is 6.35. The van der Waals surface area contributed by atoms with Crippen LogP contribution in [0.1, 0.15) is 18.4 Å². The molecule has 0 aromatic heterocycles. The maximum Gasteiger partial charge on any atom is 0.0419 e. The second kappa shape index (κ2) is 8.70. The second-order valence-corrected chi connectivity index (χ2v) is 7.23. The topological polar surface area (TPSA) is 47.8 Å². The Bertz CT molecular complexity index is 510. The van der Waals surface area contributed by atoms with Gasteiger partial charge in [0.1, 0.15) is 0 Å². The molecule has 0 amide bonds. The van der Waals surface area contributed by atoms with Crippen molar-refractivity contribution < 1.29 is 0 Å². The normalized spacial score (nSPS) is 19.5. The Labute approximate surface area is 146 Å². The molecule has 5 heteroatoms. The number of piperazine rings is 1. The molecule has 24 heavy (non-hydrogen) atoms. The fourth-order valence-corrected chi connectivity index (χ4v) is 3.74. The van der Waals surface area contributed by atoms with Gasteiger partial charge >= 0.3 is 0 Å². The fourth-order valence-electron chi connectivity index (χ4n) is 3.74. The van der Waals surface area contributed by atoms with Crippen LogP contribution in [-0.4, -0.2) is 75.8 Å². The first-order chi connectivity index (χ1) is 11.7. The number of aryl methyl sites for hydroxylation is 1. The van der Waals surface area contributed by atoms with Crippen LogP contribution in [0, 0.1) is 0 Å². The zero-order chi connectivity index (χ0) is 16.8. The number of fused-ring (bicyclic) bond motifs is 1. The van der Waals surface area contributed by atoms with Crippen molar-refractivity contribution in [2.75, 3.05) is 76.6 Å². The van der Waals surface area contributed by atoms with Crippen molar-refractivity contribution in [1.82, 2.24) is 15.1 Å². The van der Waals surface area contributed by atoms with Gasteiger partial charge in [-0.2, -0.15) is 0 Å². The molecule has 134 valence electrons. The number of nitrogens with zero attached hydrogens (tertiary/aromatic N) is 3. The van der Waals surface area contributed by atoms with Crippen molar-refractivity contribution in [3.8, 4) is 0 Å². The highest BCUT2D eigenvalue weighted by atomic mass is 15.2. The predicted octanol–water partition coefficient (Wildman–Crippen LogP) is 1.25. The third-order valence-electron chi connectivity index (χ3n) is 5.31. The lowest BCUT2D eigenvalue weighted by Crippen LogP contribution is -2.45. The number of benzene rings is 1. The summed E-state index contributed by atoms with van der Waals surface area (Å²) in [6, 6.07) is 6.36. The molecule has 2 aliphatic rings. The van der Waals surface area contributed by atoms with Gasteiger partial charge in [-0.1, -0.05) is 6.07 Å². The molecule has 2 aliphatic heterocycles. The first kappa shape index (κ1) is 17.5. The summed E-state index contributed by atoms with van der Waals surface area (Å²) < 4.78 is 0. The van der Waals surface area contributed by atoms with E-state index in [1.165, 1.54) is 63.2 Å². The van der Waals surface area contributed by atoms with E-state index in [-0.39, 0.29) is 0 Å². The number of anilines is 2. The maximum absolute atomic E-state index is 5.97. The minimum Gasteiger partial charge on any atom is -0.399 e. The van der Waals surface area contributed by atoms with Crippen molar-refractivity contribution in [3.63, 3.8) is 0 Å². The summed E-state index contributed by atoms with van der Waals surface area (Å²) in [6.07, 6.45) is 3.68. The zero-order valence-electron chi connectivity index (χ0n) is 15.1. The van der Waals surface area contributed by atoms with Crippen LogP contribution in [0.4, 0.5) is 11.4 Å². The lowest BCUT2D eigenvalue weighted by molar-refractivity contribution is 0.153. The van der Waals surface area contributed by atoms with Gasteiger partial charge in [-0.15, -0.1) is 0 Å². The molecule has 3 N–H and O–H groups in total. The number of hydrogen-bond donors (Lipinski definition) is 2. The molecule has 1 saturated heterocycles. The average Bonchev–Trinajstić information content (AvgIpc) is 2.59. The molecule has 0 unspecified atom stereocenters. The molecule has 1 fully saturated rings. The van der Waals surface area contributed by atoms with Crippen LogP contribution < -0.4 is 16.0 Å². The Morgan fingerprint density at radius 1 is 1.04 bits per heavy atom. The number of hydrogen-bond acceptors (Lipinski definition) is 5. The zero-order valence-corrected chi connectivity index (χ0v) is 15.1. The Balaban J connectivity index is 1.32. The summed E-state index contributed by atoms with van der Waals surface area (Å²) in [6.45, 7) is 10.5. The summed E-state index contributed by atoms with van der Waals surface area (Å²) >= 11 is 0. The lowest BCUT2D eigenvalue weighted by atomic mass is 10.0. The molecule has 0 spiro atoms. The van der Waals surface area contributed by atoms with Crippen molar-refractivity contribution in [2.24, 2.45) is 0 Å². The van der Waals surface area contributed by atoms with Gasteiger partial charge in [0.15, 0.2) is 0 Å². The summed E-state index contributed by atoms with van der Waals surface area (Å²) in [7, 11) is 2.21. The van der Waals surface area contributed by atoms with Crippen molar-refractivity contribution in [3.05, 3.63) is 23.8 Å². The van der Waals surface area contributed by atoms with E-state index in [4.69, 9.17) is 5.73 Å². The van der Waals surface area contributed by atoms with Gasteiger partial charge < -0.3 is 25.8 Å². The van der Waals surface area contributed by atoms with Crippen LogP contribution in [0.2, 0.25) is 0 Å². The molecule has 0 radical (unpaired) electrons. The highest BCUT2D eigenvalue weighted by Crippen LogP contribution is 2.28.